The van der Waals surface area contributed by atoms with Gasteiger partial charge >= 0.3 is 12.1 Å². The molecule has 2 atom stereocenters. The van der Waals surface area contributed by atoms with E-state index in [9.17, 15) is 50.4 Å². The molecule has 494 valence electrons. The molecule has 2 aliphatic heterocycles. The Bertz CT molecular complexity index is 4220. The molecule has 9 rings (SSSR count). The highest BCUT2D eigenvalue weighted by Gasteiger charge is 2.51. The molecule has 2 aromatic carbocycles. The number of carbonyl (C=O) groups excluding carboxylic acids is 6. The van der Waals surface area contributed by atoms with Crippen LogP contribution in [0.1, 0.15) is 90.5 Å². The SMILES string of the molecule is CC[C@@]1(OC(=O)OCc2ccc(NC(=O)[C@H](CCCCN)NC(=O)COCC(=O)NCCOCCn3cc(CNC(=O)c4coc(-c5cnc(S(C)(=O)=O)nc5)n4)nn3)cc2)C(=O)OCc2c1cc1n(c2=O)Cc2c-1nc1ccccc1c2CCN(C(C)C)S(C)(=O)=O. The summed E-state index contributed by atoms with van der Waals surface area (Å²) in [6.07, 6.45) is 7.63. The first kappa shape index (κ1) is 68.0. The second-order valence-electron chi connectivity index (χ2n) is 22.1. The van der Waals surface area contributed by atoms with E-state index in [0.717, 1.165) is 29.0 Å². The van der Waals surface area contributed by atoms with Gasteiger partial charge in [-0.2, -0.15) is 4.31 Å². The molecule has 5 aromatic heterocycles. The third-order valence-electron chi connectivity index (χ3n) is 15.2. The van der Waals surface area contributed by atoms with Crippen molar-refractivity contribution in [1.29, 1.82) is 0 Å². The average Bonchev–Trinajstić information content (AvgIpc) is 1.67. The number of hydrogen-bond acceptors (Lipinski definition) is 24. The van der Waals surface area contributed by atoms with E-state index in [-0.39, 0.29) is 105 Å². The van der Waals surface area contributed by atoms with E-state index in [0.29, 0.717) is 66.2 Å². The summed E-state index contributed by atoms with van der Waals surface area (Å²) in [6.45, 7) is 5.00. The molecule has 7 heterocycles. The average molecular weight is 1320 g/mol. The number of nitrogens with zero attached hydrogens (tertiary/aromatic N) is 9. The zero-order valence-corrected chi connectivity index (χ0v) is 53.2. The summed E-state index contributed by atoms with van der Waals surface area (Å²) in [7, 11) is -7.15. The van der Waals surface area contributed by atoms with Gasteiger partial charge in [-0.25, -0.2) is 51.0 Å². The lowest BCUT2D eigenvalue weighted by atomic mass is 9.85. The van der Waals surface area contributed by atoms with Crippen molar-refractivity contribution < 1.29 is 73.7 Å². The molecule has 0 saturated heterocycles. The number of pyridine rings is 2. The second-order valence-corrected chi connectivity index (χ2v) is 26.0. The molecule has 33 heteroatoms. The van der Waals surface area contributed by atoms with Crippen molar-refractivity contribution in [1.82, 2.24) is 59.8 Å². The molecule has 6 N–H and O–H groups in total. The number of unbranched alkanes of at least 4 members (excludes halogenated alkanes) is 1. The first-order valence-electron chi connectivity index (χ1n) is 29.6. The van der Waals surface area contributed by atoms with Crippen molar-refractivity contribution in [3.63, 3.8) is 0 Å². The maximum Gasteiger partial charge on any atom is 0.510 e. The van der Waals surface area contributed by atoms with Crippen LogP contribution in [0.2, 0.25) is 0 Å². The molecule has 93 heavy (non-hydrogen) atoms. The van der Waals surface area contributed by atoms with Gasteiger partial charge in [0.05, 0.1) is 73.3 Å². The van der Waals surface area contributed by atoms with E-state index < -0.39 is 86.0 Å². The van der Waals surface area contributed by atoms with Crippen LogP contribution in [0.15, 0.2) is 93.8 Å². The van der Waals surface area contributed by atoms with E-state index in [4.69, 9.17) is 38.8 Å². The fraction of sp³-hybridized carbons (Fsp3) is 0.417. The maximum absolute atomic E-state index is 14.4. The number of oxazole rings is 1. The summed E-state index contributed by atoms with van der Waals surface area (Å²) in [5, 5.41) is 19.2. The Balaban J connectivity index is 0.701. The standard InChI is InChI=1S/C60H70N14O17S2/c1-6-60(45-25-49-52-43(30-73(49)56(79)44(45)32-89-57(60)80)41(42-11-7-8-12-46(42)68-52)18-21-74(36(2)3)93(5,84)85)91-59(81)90-31-37-14-16-39(17-15-37)66-54(78)47(13-9-10-19-61)67-51(76)35-87-34-50(75)62-20-23-86-24-22-72-29-40(70-71-72)28-63-53(77)48-33-88-55(69-48)38-26-64-58(65-27-38)92(4,82)83/h7-8,11-12,14-17,25-27,29,33,36,47H,6,9-10,13,18-24,28,30-32,34-35,61H2,1-5H3,(H,62,75)(H,63,77)(H,66,78)(H,67,76)/t47-,60-/m0/s1. The number of sulfonamides is 1. The molecule has 2 aliphatic rings. The van der Waals surface area contributed by atoms with Crippen LogP contribution >= 0.6 is 0 Å². The van der Waals surface area contributed by atoms with Gasteiger partial charge in [0.1, 0.15) is 44.4 Å². The number of aromatic nitrogens is 8. The third kappa shape index (κ3) is 16.6. The highest BCUT2D eigenvalue weighted by atomic mass is 32.2. The molecule has 7 aromatic rings. The van der Waals surface area contributed by atoms with E-state index in [1.54, 1.807) is 57.3 Å². The fourth-order valence-electron chi connectivity index (χ4n) is 10.5. The van der Waals surface area contributed by atoms with E-state index in [2.05, 4.69) is 46.5 Å². The van der Waals surface area contributed by atoms with Gasteiger partial charge in [0.25, 0.3) is 11.5 Å². The summed E-state index contributed by atoms with van der Waals surface area (Å²) in [4.78, 5) is 110. The van der Waals surface area contributed by atoms with Crippen LogP contribution in [-0.2, 0) is 108 Å². The van der Waals surface area contributed by atoms with Gasteiger partial charge < -0.3 is 59.7 Å². The van der Waals surface area contributed by atoms with Crippen LogP contribution in [0.4, 0.5) is 10.5 Å². The van der Waals surface area contributed by atoms with Crippen molar-refractivity contribution in [2.24, 2.45) is 5.73 Å². The second kappa shape index (κ2) is 29.9. The number of ether oxygens (including phenoxy) is 5. The molecule has 0 spiro atoms. The van der Waals surface area contributed by atoms with Crippen molar-refractivity contribution in [3.05, 3.63) is 129 Å². The molecule has 4 amide bonds. The lowest BCUT2D eigenvalue weighted by Gasteiger charge is -2.35. The highest BCUT2D eigenvalue weighted by Crippen LogP contribution is 2.42. The topological polar surface area (TPSA) is 412 Å². The smallest absolute Gasteiger partial charge is 0.457 e. The van der Waals surface area contributed by atoms with Gasteiger partial charge in [0.15, 0.2) is 5.69 Å². The van der Waals surface area contributed by atoms with Gasteiger partial charge in [0.2, 0.25) is 54.2 Å². The normalized spacial score (nSPS) is 14.6. The molecular formula is C60H70N14O17S2. The maximum atomic E-state index is 14.4. The number of nitrogens with one attached hydrogen (secondary N) is 4. The van der Waals surface area contributed by atoms with Crippen LogP contribution in [0.5, 0.6) is 0 Å². The number of amides is 4. The van der Waals surface area contributed by atoms with Gasteiger partial charge in [-0.05, 0) is 87.9 Å². The van der Waals surface area contributed by atoms with Crippen molar-refractivity contribution in [3.8, 4) is 22.8 Å². The van der Waals surface area contributed by atoms with Crippen molar-refractivity contribution >= 4 is 72.2 Å². The van der Waals surface area contributed by atoms with Crippen LogP contribution in [0.25, 0.3) is 33.7 Å². The minimum absolute atomic E-state index is 0.0166. The predicted octanol–water partition coefficient (Wildman–Crippen LogP) is 2.43. The summed E-state index contributed by atoms with van der Waals surface area (Å²) >= 11 is 0. The van der Waals surface area contributed by atoms with Crippen LogP contribution in [-0.4, -0.2) is 167 Å². The highest BCUT2D eigenvalue weighted by molar-refractivity contribution is 7.90. The van der Waals surface area contributed by atoms with Crippen molar-refractivity contribution in [2.75, 3.05) is 63.9 Å². The number of cyclic esters (lactones) is 1. The molecule has 31 nitrogen and oxygen atoms in total. The minimum Gasteiger partial charge on any atom is -0.457 e. The minimum atomic E-state index is -3.60. The molecule has 0 fully saturated rings. The quantitative estimate of drug-likeness (QED) is 0.0237. The Hall–Kier alpha value is -9.41. The molecule has 0 aliphatic carbocycles. The summed E-state index contributed by atoms with van der Waals surface area (Å²) < 4.78 is 86.3. The number of nitrogens with two attached hydrogens (primary N) is 1. The number of carbonyl (C=O) groups is 6. The van der Waals surface area contributed by atoms with Crippen LogP contribution < -0.4 is 32.6 Å². The molecule has 0 bridgehead atoms. The number of para-hydroxylation sites is 1. The number of sulfone groups is 1. The summed E-state index contributed by atoms with van der Waals surface area (Å²) in [5.41, 5.74) is 7.94. The number of benzene rings is 2. The molecule has 0 saturated carbocycles. The number of fused-ring (bicyclic) bond motifs is 5. The van der Waals surface area contributed by atoms with E-state index in [1.165, 1.54) is 32.2 Å². The molecule has 0 radical (unpaired) electrons. The Morgan fingerprint density at radius 3 is 2.38 bits per heavy atom. The molecule has 0 unspecified atom stereocenters. The van der Waals surface area contributed by atoms with Crippen LogP contribution in [0.3, 0.4) is 0 Å². The monoisotopic (exact) mass is 1320 g/mol. The predicted molar refractivity (Wildman–Crippen MR) is 330 cm³/mol. The van der Waals surface area contributed by atoms with Gasteiger partial charge in [-0.3, -0.25) is 24.0 Å². The number of anilines is 1. The van der Waals surface area contributed by atoms with Crippen molar-refractivity contribution in [2.45, 2.75) is 109 Å². The van der Waals surface area contributed by atoms with Crippen LogP contribution in [0, 0.1) is 0 Å². The summed E-state index contributed by atoms with van der Waals surface area (Å²) in [5.74, 6) is -3.15. The largest absolute Gasteiger partial charge is 0.510 e. The lowest BCUT2D eigenvalue weighted by molar-refractivity contribution is -0.175. The Labute approximate surface area is 533 Å². The number of rotatable bonds is 31. The first-order chi connectivity index (χ1) is 44.5. The first-order valence-corrected chi connectivity index (χ1v) is 33.3. The zero-order chi connectivity index (χ0) is 66.6. The summed E-state index contributed by atoms with van der Waals surface area (Å²) in [6, 6.07) is 14.0. The lowest BCUT2D eigenvalue weighted by Crippen LogP contribution is -2.47. The Kier molecular flexibility index (Phi) is 21.9. The van der Waals surface area contributed by atoms with Gasteiger partial charge in [0, 0.05) is 60.0 Å². The zero-order valence-electron chi connectivity index (χ0n) is 51.5. The molecular weight excluding hydrogens is 1250 g/mol. The third-order valence-corrected chi connectivity index (χ3v) is 17.5. The Morgan fingerprint density at radius 2 is 1.66 bits per heavy atom. The van der Waals surface area contributed by atoms with Gasteiger partial charge in [-0.15, -0.1) is 5.10 Å². The van der Waals surface area contributed by atoms with E-state index in [1.807, 2.05) is 24.3 Å². The van der Waals surface area contributed by atoms with E-state index >= 15 is 0 Å². The Morgan fingerprint density at radius 1 is 0.903 bits per heavy atom. The fourth-order valence-corrected chi connectivity index (χ4v) is 12.2. The van der Waals surface area contributed by atoms with Gasteiger partial charge in [-0.1, -0.05) is 42.5 Å². The number of hydrogen-bond donors (Lipinski definition) is 5. The number of esters is 1.